The van der Waals surface area contributed by atoms with Crippen molar-refractivity contribution < 1.29 is 14.4 Å². The van der Waals surface area contributed by atoms with Gasteiger partial charge in [0.15, 0.2) is 5.75 Å². The fourth-order valence-electron chi connectivity index (χ4n) is 3.46. The zero-order chi connectivity index (χ0) is 15.4. The van der Waals surface area contributed by atoms with Crippen LogP contribution in [-0.4, -0.2) is 48.3 Å². The first-order chi connectivity index (χ1) is 10.8. The molecule has 3 rings (SSSR count). The minimum absolute atomic E-state index is 0.0278. The molecule has 1 aromatic carbocycles. The van der Waals surface area contributed by atoms with Crippen LogP contribution in [0.3, 0.4) is 0 Å². The van der Waals surface area contributed by atoms with Gasteiger partial charge in [-0.1, -0.05) is 25.0 Å². The number of para-hydroxylation sites is 2. The summed E-state index contributed by atoms with van der Waals surface area (Å²) in [6, 6.07) is 7.02. The van der Waals surface area contributed by atoms with Crippen molar-refractivity contribution in [3.05, 3.63) is 34.4 Å². The molecule has 22 heavy (non-hydrogen) atoms. The van der Waals surface area contributed by atoms with Gasteiger partial charge in [0.05, 0.1) is 17.6 Å². The molecule has 0 unspecified atom stereocenters. The third-order valence-electron chi connectivity index (χ3n) is 4.55. The summed E-state index contributed by atoms with van der Waals surface area (Å²) >= 11 is 0. The summed E-state index contributed by atoms with van der Waals surface area (Å²) in [7, 11) is 0. The monoisotopic (exact) mass is 306 g/mol. The van der Waals surface area contributed by atoms with Gasteiger partial charge in [-0.3, -0.25) is 15.0 Å². The first kappa shape index (κ1) is 15.2. The molecule has 0 amide bonds. The van der Waals surface area contributed by atoms with E-state index in [4.69, 9.17) is 9.47 Å². The maximum atomic E-state index is 11.0. The van der Waals surface area contributed by atoms with Crippen LogP contribution in [0.25, 0.3) is 0 Å². The predicted octanol–water partition coefficient (Wildman–Crippen LogP) is 2.62. The number of fused-ring (bicyclic) bond motifs is 1. The molecule has 0 spiro atoms. The molecular weight excluding hydrogens is 284 g/mol. The lowest BCUT2D eigenvalue weighted by molar-refractivity contribution is -0.385. The van der Waals surface area contributed by atoms with Crippen LogP contribution in [0.1, 0.15) is 25.7 Å². The fraction of sp³-hybridized carbons (Fsp3) is 0.625. The van der Waals surface area contributed by atoms with Gasteiger partial charge in [-0.15, -0.1) is 0 Å². The van der Waals surface area contributed by atoms with Crippen molar-refractivity contribution >= 4 is 5.69 Å². The summed E-state index contributed by atoms with van der Waals surface area (Å²) < 4.78 is 11.5. The Bertz CT molecular complexity index is 521. The molecule has 1 saturated carbocycles. The lowest BCUT2D eigenvalue weighted by Gasteiger charge is -2.43. The van der Waals surface area contributed by atoms with Crippen LogP contribution in [0.15, 0.2) is 24.3 Å². The van der Waals surface area contributed by atoms with E-state index < -0.39 is 4.92 Å². The van der Waals surface area contributed by atoms with E-state index in [1.807, 2.05) is 0 Å². The van der Waals surface area contributed by atoms with Crippen LogP contribution >= 0.6 is 0 Å². The number of nitro groups is 1. The normalized spacial score (nSPS) is 25.5. The first-order valence-electron chi connectivity index (χ1n) is 7.97. The Balaban J connectivity index is 1.55. The van der Waals surface area contributed by atoms with Gasteiger partial charge in [0, 0.05) is 25.2 Å². The molecule has 1 aliphatic carbocycles. The Labute approximate surface area is 130 Å². The van der Waals surface area contributed by atoms with E-state index in [9.17, 15) is 10.1 Å². The van der Waals surface area contributed by atoms with Gasteiger partial charge in [0.1, 0.15) is 6.61 Å². The molecule has 0 bridgehead atoms. The highest BCUT2D eigenvalue weighted by atomic mass is 16.6. The molecule has 6 nitrogen and oxygen atoms in total. The van der Waals surface area contributed by atoms with E-state index in [0.717, 1.165) is 26.1 Å². The molecule has 1 heterocycles. The molecule has 1 saturated heterocycles. The molecule has 1 aliphatic heterocycles. The lowest BCUT2D eigenvalue weighted by atomic mass is 9.90. The minimum Gasteiger partial charge on any atom is -0.485 e. The highest BCUT2D eigenvalue weighted by Gasteiger charge is 2.33. The Kier molecular flexibility index (Phi) is 4.90. The summed E-state index contributed by atoms with van der Waals surface area (Å²) in [4.78, 5) is 13.0. The second-order valence-electron chi connectivity index (χ2n) is 5.87. The Hall–Kier alpha value is -1.66. The lowest BCUT2D eigenvalue weighted by Crippen LogP contribution is -2.53. The van der Waals surface area contributed by atoms with Gasteiger partial charge in [-0.2, -0.15) is 0 Å². The second kappa shape index (κ2) is 7.07. The predicted molar refractivity (Wildman–Crippen MR) is 82.2 cm³/mol. The quantitative estimate of drug-likeness (QED) is 0.618. The van der Waals surface area contributed by atoms with E-state index in [1.165, 1.54) is 25.3 Å². The second-order valence-corrected chi connectivity index (χ2v) is 5.87. The SMILES string of the molecule is O=[N+]([O-])c1ccccc1OCCN1CCO[C@H]2CCCC[C@@H]21. The molecule has 6 heteroatoms. The number of hydrogen-bond acceptors (Lipinski definition) is 5. The van der Waals surface area contributed by atoms with Gasteiger partial charge in [-0.05, 0) is 18.9 Å². The molecule has 2 fully saturated rings. The summed E-state index contributed by atoms with van der Waals surface area (Å²) in [6.07, 6.45) is 5.18. The van der Waals surface area contributed by atoms with E-state index in [1.54, 1.807) is 18.2 Å². The first-order valence-corrected chi connectivity index (χ1v) is 7.97. The third-order valence-corrected chi connectivity index (χ3v) is 4.55. The molecule has 1 aromatic rings. The minimum atomic E-state index is -0.402. The van der Waals surface area contributed by atoms with Gasteiger partial charge in [0.25, 0.3) is 0 Å². The van der Waals surface area contributed by atoms with Crippen LogP contribution in [0, 0.1) is 10.1 Å². The molecule has 2 atom stereocenters. The van der Waals surface area contributed by atoms with E-state index in [0.29, 0.717) is 24.5 Å². The average Bonchev–Trinajstić information content (AvgIpc) is 2.55. The Morgan fingerprint density at radius 2 is 2.14 bits per heavy atom. The summed E-state index contributed by atoms with van der Waals surface area (Å²) in [5.41, 5.74) is 0.0278. The van der Waals surface area contributed by atoms with Crippen LogP contribution in [0.4, 0.5) is 5.69 Å². The summed E-state index contributed by atoms with van der Waals surface area (Å²) in [6.45, 7) is 2.94. The molecule has 2 aliphatic rings. The third kappa shape index (κ3) is 3.39. The van der Waals surface area contributed by atoms with E-state index in [2.05, 4.69) is 4.90 Å². The molecule has 0 N–H and O–H groups in total. The standard InChI is InChI=1S/C16H22N2O4/c19-18(20)14-6-2-4-8-16(14)22-12-10-17-9-11-21-15-7-3-1-5-13(15)17/h2,4,6,8,13,15H,1,3,5,7,9-12H2/t13-,15-/m0/s1. The molecular formula is C16H22N2O4. The van der Waals surface area contributed by atoms with Crippen molar-refractivity contribution in [1.82, 2.24) is 4.90 Å². The topological polar surface area (TPSA) is 64.8 Å². The number of benzene rings is 1. The van der Waals surface area contributed by atoms with Crippen molar-refractivity contribution in [3.63, 3.8) is 0 Å². The smallest absolute Gasteiger partial charge is 0.310 e. The number of nitrogens with zero attached hydrogens (tertiary/aromatic N) is 2. The summed E-state index contributed by atoms with van der Waals surface area (Å²) in [5.74, 6) is 0.348. The zero-order valence-electron chi connectivity index (χ0n) is 12.6. The van der Waals surface area contributed by atoms with Crippen molar-refractivity contribution in [2.75, 3.05) is 26.3 Å². The number of rotatable bonds is 5. The van der Waals surface area contributed by atoms with Gasteiger partial charge in [0.2, 0.25) is 0 Å². The van der Waals surface area contributed by atoms with E-state index in [-0.39, 0.29) is 5.69 Å². The van der Waals surface area contributed by atoms with Crippen LogP contribution < -0.4 is 4.74 Å². The average molecular weight is 306 g/mol. The maximum Gasteiger partial charge on any atom is 0.310 e. The van der Waals surface area contributed by atoms with Crippen molar-refractivity contribution in [3.8, 4) is 5.75 Å². The summed E-state index contributed by atoms with van der Waals surface area (Å²) in [5, 5.41) is 11.0. The Morgan fingerprint density at radius 1 is 1.32 bits per heavy atom. The zero-order valence-corrected chi connectivity index (χ0v) is 12.6. The van der Waals surface area contributed by atoms with Crippen LogP contribution in [0.5, 0.6) is 5.75 Å². The van der Waals surface area contributed by atoms with Gasteiger partial charge in [-0.25, -0.2) is 0 Å². The Morgan fingerprint density at radius 3 is 3.00 bits per heavy atom. The molecule has 120 valence electrons. The number of ether oxygens (including phenoxy) is 2. The van der Waals surface area contributed by atoms with Crippen LogP contribution in [0.2, 0.25) is 0 Å². The van der Waals surface area contributed by atoms with Crippen molar-refractivity contribution in [1.29, 1.82) is 0 Å². The van der Waals surface area contributed by atoms with Gasteiger partial charge < -0.3 is 9.47 Å². The number of hydrogen-bond donors (Lipinski definition) is 0. The van der Waals surface area contributed by atoms with Crippen molar-refractivity contribution in [2.24, 2.45) is 0 Å². The maximum absolute atomic E-state index is 11.0. The molecule has 0 aromatic heterocycles. The molecule has 0 radical (unpaired) electrons. The van der Waals surface area contributed by atoms with Crippen molar-refractivity contribution in [2.45, 2.75) is 37.8 Å². The highest BCUT2D eigenvalue weighted by molar-refractivity contribution is 5.45. The fourth-order valence-corrected chi connectivity index (χ4v) is 3.46. The number of nitro benzene ring substituents is 1. The van der Waals surface area contributed by atoms with Crippen LogP contribution in [-0.2, 0) is 4.74 Å². The number of morpholine rings is 1. The van der Waals surface area contributed by atoms with Gasteiger partial charge >= 0.3 is 5.69 Å². The highest BCUT2D eigenvalue weighted by Crippen LogP contribution is 2.29. The van der Waals surface area contributed by atoms with E-state index >= 15 is 0 Å². The largest absolute Gasteiger partial charge is 0.485 e.